The van der Waals surface area contributed by atoms with Crippen LogP contribution in [0.25, 0.3) is 5.78 Å². The summed E-state index contributed by atoms with van der Waals surface area (Å²) in [4.78, 5) is 32.5. The number of aryl methyl sites for hydroxylation is 2. The molecular formula is C19H22N6O3S. The van der Waals surface area contributed by atoms with E-state index < -0.39 is 0 Å². The number of hydrogen-bond donors (Lipinski definition) is 2. The SMILES string of the molecule is COc1ccc(NC(C)=O)cc1NC(=O)CSc1nc2nc(C)c(C)c(C)n2n1. The van der Waals surface area contributed by atoms with Gasteiger partial charge >= 0.3 is 0 Å². The fourth-order valence-electron chi connectivity index (χ4n) is 2.70. The molecule has 0 unspecified atom stereocenters. The lowest BCUT2D eigenvalue weighted by atomic mass is 10.2. The van der Waals surface area contributed by atoms with Gasteiger partial charge in [-0.25, -0.2) is 9.50 Å². The molecule has 3 rings (SSSR count). The third kappa shape index (κ3) is 4.65. The Morgan fingerprint density at radius 3 is 2.62 bits per heavy atom. The van der Waals surface area contributed by atoms with Crippen molar-refractivity contribution in [2.75, 3.05) is 23.5 Å². The number of carbonyl (C=O) groups excluding carboxylic acids is 2. The number of amides is 2. The van der Waals surface area contributed by atoms with E-state index in [1.165, 1.54) is 25.8 Å². The van der Waals surface area contributed by atoms with Crippen LogP contribution in [0.4, 0.5) is 11.4 Å². The molecule has 29 heavy (non-hydrogen) atoms. The molecule has 0 aliphatic carbocycles. The number of nitrogens with one attached hydrogen (secondary N) is 2. The molecule has 2 aromatic heterocycles. The van der Waals surface area contributed by atoms with Gasteiger partial charge in [0.1, 0.15) is 5.75 Å². The Balaban J connectivity index is 1.71. The molecule has 2 N–H and O–H groups in total. The van der Waals surface area contributed by atoms with Crippen molar-refractivity contribution in [1.29, 1.82) is 0 Å². The zero-order chi connectivity index (χ0) is 21.1. The van der Waals surface area contributed by atoms with Gasteiger partial charge in [-0.3, -0.25) is 9.59 Å². The number of thioether (sulfide) groups is 1. The number of methoxy groups -OCH3 is 1. The first-order valence-electron chi connectivity index (χ1n) is 8.87. The van der Waals surface area contributed by atoms with Crippen LogP contribution >= 0.6 is 11.8 Å². The normalized spacial score (nSPS) is 10.8. The highest BCUT2D eigenvalue weighted by Gasteiger charge is 2.14. The predicted octanol–water partition coefficient (Wildman–Crippen LogP) is 2.75. The number of anilines is 2. The lowest BCUT2D eigenvalue weighted by Crippen LogP contribution is -2.15. The van der Waals surface area contributed by atoms with Crippen molar-refractivity contribution in [3.05, 3.63) is 35.2 Å². The molecule has 0 saturated heterocycles. The molecule has 0 spiro atoms. The summed E-state index contributed by atoms with van der Waals surface area (Å²) < 4.78 is 6.96. The van der Waals surface area contributed by atoms with Crippen LogP contribution in [0.3, 0.4) is 0 Å². The molecule has 0 fully saturated rings. The standard InChI is InChI=1S/C19H22N6O3S/c1-10-11(2)20-18-23-19(24-25(18)12(10)3)29-9-17(27)22-15-8-14(21-13(4)26)6-7-16(15)28-5/h6-8H,9H2,1-5H3,(H,21,26)(H,22,27). The Morgan fingerprint density at radius 1 is 1.17 bits per heavy atom. The van der Waals surface area contributed by atoms with E-state index in [1.807, 2.05) is 20.8 Å². The van der Waals surface area contributed by atoms with E-state index in [1.54, 1.807) is 22.7 Å². The summed E-state index contributed by atoms with van der Waals surface area (Å²) >= 11 is 1.22. The van der Waals surface area contributed by atoms with E-state index in [0.29, 0.717) is 28.1 Å². The van der Waals surface area contributed by atoms with Gasteiger partial charge in [-0.1, -0.05) is 11.8 Å². The lowest BCUT2D eigenvalue weighted by Gasteiger charge is -2.12. The number of ether oxygens (including phenoxy) is 1. The summed E-state index contributed by atoms with van der Waals surface area (Å²) in [6, 6.07) is 5.02. The van der Waals surface area contributed by atoms with Crippen LogP contribution in [-0.2, 0) is 9.59 Å². The lowest BCUT2D eigenvalue weighted by molar-refractivity contribution is -0.114. The molecule has 2 heterocycles. The molecule has 0 radical (unpaired) electrons. The molecule has 2 amide bonds. The van der Waals surface area contributed by atoms with Crippen LogP contribution < -0.4 is 15.4 Å². The van der Waals surface area contributed by atoms with E-state index in [-0.39, 0.29) is 17.6 Å². The number of fused-ring (bicyclic) bond motifs is 1. The van der Waals surface area contributed by atoms with Crippen molar-refractivity contribution in [3.8, 4) is 5.75 Å². The van der Waals surface area contributed by atoms with Gasteiger partial charge < -0.3 is 15.4 Å². The van der Waals surface area contributed by atoms with Gasteiger partial charge in [0, 0.05) is 24.0 Å². The summed E-state index contributed by atoms with van der Waals surface area (Å²) in [5.41, 5.74) is 3.97. The minimum absolute atomic E-state index is 0.113. The van der Waals surface area contributed by atoms with Gasteiger partial charge in [0.05, 0.1) is 18.6 Å². The van der Waals surface area contributed by atoms with E-state index in [4.69, 9.17) is 4.74 Å². The van der Waals surface area contributed by atoms with Crippen molar-refractivity contribution in [2.45, 2.75) is 32.9 Å². The van der Waals surface area contributed by atoms with Crippen LogP contribution in [-0.4, -0.2) is 44.3 Å². The van der Waals surface area contributed by atoms with Crippen molar-refractivity contribution in [2.24, 2.45) is 0 Å². The average molecular weight is 414 g/mol. The molecule has 0 saturated carbocycles. The molecule has 3 aromatic rings. The maximum absolute atomic E-state index is 12.4. The Morgan fingerprint density at radius 2 is 1.93 bits per heavy atom. The number of rotatable bonds is 6. The first kappa shape index (κ1) is 20.6. The number of nitrogens with zero attached hydrogens (tertiary/aromatic N) is 4. The number of carbonyl (C=O) groups is 2. The quantitative estimate of drug-likeness (QED) is 0.597. The Labute approximate surface area is 172 Å². The van der Waals surface area contributed by atoms with Crippen molar-refractivity contribution in [1.82, 2.24) is 19.6 Å². The van der Waals surface area contributed by atoms with Gasteiger partial charge in [-0.15, -0.1) is 5.10 Å². The van der Waals surface area contributed by atoms with E-state index in [0.717, 1.165) is 17.0 Å². The van der Waals surface area contributed by atoms with Crippen molar-refractivity contribution >= 4 is 40.7 Å². The molecule has 152 valence electrons. The third-order valence-corrected chi connectivity index (χ3v) is 5.21. The predicted molar refractivity (Wildman–Crippen MR) is 112 cm³/mol. The summed E-state index contributed by atoms with van der Waals surface area (Å²) in [6.45, 7) is 7.29. The molecule has 0 atom stereocenters. The second-order valence-corrected chi connectivity index (χ2v) is 7.39. The largest absolute Gasteiger partial charge is 0.495 e. The minimum atomic E-state index is -0.246. The maximum Gasteiger partial charge on any atom is 0.253 e. The third-order valence-electron chi connectivity index (χ3n) is 4.37. The highest BCUT2D eigenvalue weighted by atomic mass is 32.2. The zero-order valence-electron chi connectivity index (χ0n) is 16.9. The molecule has 10 heteroatoms. The summed E-state index contributed by atoms with van der Waals surface area (Å²) in [6.07, 6.45) is 0. The number of benzene rings is 1. The smallest absolute Gasteiger partial charge is 0.253 e. The van der Waals surface area contributed by atoms with E-state index in [9.17, 15) is 9.59 Å². The van der Waals surface area contributed by atoms with Gasteiger partial charge in [0.2, 0.25) is 17.0 Å². The van der Waals surface area contributed by atoms with Gasteiger partial charge in [-0.05, 0) is 44.5 Å². The summed E-state index contributed by atoms with van der Waals surface area (Å²) in [5.74, 6) is 0.674. The number of aromatic nitrogens is 4. The van der Waals surface area contributed by atoms with Gasteiger partial charge in [-0.2, -0.15) is 4.98 Å². The van der Waals surface area contributed by atoms with E-state index in [2.05, 4.69) is 25.7 Å². The molecular weight excluding hydrogens is 392 g/mol. The van der Waals surface area contributed by atoms with Crippen LogP contribution in [0, 0.1) is 20.8 Å². The monoisotopic (exact) mass is 414 g/mol. The van der Waals surface area contributed by atoms with Crippen LogP contribution in [0.15, 0.2) is 23.4 Å². The first-order valence-corrected chi connectivity index (χ1v) is 9.86. The Kier molecular flexibility index (Phi) is 6.02. The molecule has 1 aromatic carbocycles. The number of hydrogen-bond acceptors (Lipinski definition) is 7. The molecule has 0 aliphatic rings. The molecule has 0 aliphatic heterocycles. The second-order valence-electron chi connectivity index (χ2n) is 6.45. The fourth-order valence-corrected chi connectivity index (χ4v) is 3.32. The molecule has 0 bridgehead atoms. The van der Waals surface area contributed by atoms with Crippen LogP contribution in [0.2, 0.25) is 0 Å². The van der Waals surface area contributed by atoms with Crippen LogP contribution in [0.1, 0.15) is 23.9 Å². The van der Waals surface area contributed by atoms with Gasteiger partial charge in [0.15, 0.2) is 0 Å². The minimum Gasteiger partial charge on any atom is -0.495 e. The Bertz CT molecular complexity index is 1100. The second kappa shape index (κ2) is 8.48. The van der Waals surface area contributed by atoms with Gasteiger partial charge in [0.25, 0.3) is 5.78 Å². The van der Waals surface area contributed by atoms with Crippen molar-refractivity contribution < 1.29 is 14.3 Å². The van der Waals surface area contributed by atoms with E-state index >= 15 is 0 Å². The summed E-state index contributed by atoms with van der Waals surface area (Å²) in [7, 11) is 1.51. The van der Waals surface area contributed by atoms with Crippen molar-refractivity contribution in [3.63, 3.8) is 0 Å². The maximum atomic E-state index is 12.4. The first-order chi connectivity index (χ1) is 13.8. The topological polar surface area (TPSA) is 111 Å². The van der Waals surface area contributed by atoms with Crippen LogP contribution in [0.5, 0.6) is 5.75 Å². The summed E-state index contributed by atoms with van der Waals surface area (Å²) in [5, 5.41) is 10.4. The highest BCUT2D eigenvalue weighted by Crippen LogP contribution is 2.28. The average Bonchev–Trinajstić information content (AvgIpc) is 3.07. The Hall–Kier alpha value is -3.14. The molecule has 9 nitrogen and oxygen atoms in total. The highest BCUT2D eigenvalue weighted by molar-refractivity contribution is 7.99. The fraction of sp³-hybridized carbons (Fsp3) is 0.316. The zero-order valence-corrected chi connectivity index (χ0v) is 17.7.